The molecule has 1 N–H and O–H groups in total. The van der Waals surface area contributed by atoms with Crippen LogP contribution in [0.15, 0.2) is 23.1 Å². The van der Waals surface area contributed by atoms with Gasteiger partial charge >= 0.3 is 0 Å². The van der Waals surface area contributed by atoms with E-state index < -0.39 is 10.0 Å². The second-order valence-corrected chi connectivity index (χ2v) is 9.85. The van der Waals surface area contributed by atoms with Gasteiger partial charge in [0.15, 0.2) is 0 Å². The standard InChI is InChI=1S/C19H26N4O3S2/c1-3-4-5-6-9-18(24)23-12-7-8-15-13-16(10-11-17(15)23)28(25,26)22-19-21-20-14(2)27-19/h10-11,13H,3-9,12H2,1-2H3,(H,21,22). The van der Waals surface area contributed by atoms with Gasteiger partial charge in [0.25, 0.3) is 10.0 Å². The summed E-state index contributed by atoms with van der Waals surface area (Å²) in [5.41, 5.74) is 1.72. The molecule has 1 aliphatic heterocycles. The average molecular weight is 423 g/mol. The SMILES string of the molecule is CCCCCCC(=O)N1CCCc2cc(S(=O)(=O)Nc3nnc(C)s3)ccc21. The van der Waals surface area contributed by atoms with Gasteiger partial charge in [-0.15, -0.1) is 10.2 Å². The molecule has 2 aromatic rings. The molecule has 0 fully saturated rings. The van der Waals surface area contributed by atoms with E-state index in [1.54, 1.807) is 25.1 Å². The van der Waals surface area contributed by atoms with Crippen molar-refractivity contribution in [1.82, 2.24) is 10.2 Å². The van der Waals surface area contributed by atoms with E-state index >= 15 is 0 Å². The molecule has 152 valence electrons. The molecule has 3 rings (SSSR count). The Balaban J connectivity index is 1.75. The van der Waals surface area contributed by atoms with E-state index in [-0.39, 0.29) is 15.9 Å². The molecule has 0 radical (unpaired) electrons. The summed E-state index contributed by atoms with van der Waals surface area (Å²) in [7, 11) is -3.74. The third-order valence-corrected chi connectivity index (χ3v) is 6.99. The van der Waals surface area contributed by atoms with Crippen LogP contribution in [0, 0.1) is 6.92 Å². The van der Waals surface area contributed by atoms with Gasteiger partial charge in [0.05, 0.1) is 4.90 Å². The van der Waals surface area contributed by atoms with Gasteiger partial charge in [-0.25, -0.2) is 8.42 Å². The smallest absolute Gasteiger partial charge is 0.263 e. The van der Waals surface area contributed by atoms with Gasteiger partial charge in [-0.1, -0.05) is 37.5 Å². The number of sulfonamides is 1. The summed E-state index contributed by atoms with van der Waals surface area (Å²) in [6.45, 7) is 4.60. The van der Waals surface area contributed by atoms with Crippen LogP contribution in [0.3, 0.4) is 0 Å². The highest BCUT2D eigenvalue weighted by Crippen LogP contribution is 2.31. The van der Waals surface area contributed by atoms with Gasteiger partial charge in [0.2, 0.25) is 11.0 Å². The summed E-state index contributed by atoms with van der Waals surface area (Å²) in [4.78, 5) is 14.6. The number of rotatable bonds is 8. The van der Waals surface area contributed by atoms with Gasteiger partial charge in [0.1, 0.15) is 5.01 Å². The zero-order valence-corrected chi connectivity index (χ0v) is 17.9. The number of fused-ring (bicyclic) bond motifs is 1. The largest absolute Gasteiger partial charge is 0.312 e. The van der Waals surface area contributed by atoms with Crippen LogP contribution < -0.4 is 9.62 Å². The van der Waals surface area contributed by atoms with Crippen LogP contribution in [0.5, 0.6) is 0 Å². The number of aryl methyl sites for hydroxylation is 2. The second kappa shape index (κ2) is 9.00. The zero-order chi connectivity index (χ0) is 20.1. The number of nitrogens with one attached hydrogen (secondary N) is 1. The van der Waals surface area contributed by atoms with E-state index in [2.05, 4.69) is 21.8 Å². The third kappa shape index (κ3) is 4.88. The van der Waals surface area contributed by atoms with Crippen LogP contribution in [0.1, 0.15) is 56.0 Å². The first-order chi connectivity index (χ1) is 13.4. The second-order valence-electron chi connectivity index (χ2n) is 6.98. The van der Waals surface area contributed by atoms with E-state index in [9.17, 15) is 13.2 Å². The first-order valence-electron chi connectivity index (χ1n) is 9.67. The van der Waals surface area contributed by atoms with E-state index in [0.717, 1.165) is 49.8 Å². The molecule has 1 aromatic carbocycles. The third-order valence-electron chi connectivity index (χ3n) is 4.77. The van der Waals surface area contributed by atoms with Crippen LogP contribution in [-0.2, 0) is 21.2 Å². The molecular formula is C19H26N4O3S2. The minimum atomic E-state index is -3.74. The van der Waals surface area contributed by atoms with Crippen molar-refractivity contribution in [2.45, 2.75) is 63.7 Å². The van der Waals surface area contributed by atoms with Crippen LogP contribution in [0.2, 0.25) is 0 Å². The van der Waals surface area contributed by atoms with Crippen molar-refractivity contribution in [3.05, 3.63) is 28.8 Å². The number of carbonyl (C=O) groups excluding carboxylic acids is 1. The van der Waals surface area contributed by atoms with Crippen molar-refractivity contribution in [1.29, 1.82) is 0 Å². The lowest BCUT2D eigenvalue weighted by molar-refractivity contribution is -0.118. The summed E-state index contributed by atoms with van der Waals surface area (Å²) >= 11 is 1.19. The Bertz CT molecular complexity index is 940. The molecular weight excluding hydrogens is 396 g/mol. The Morgan fingerprint density at radius 2 is 2.07 bits per heavy atom. The monoisotopic (exact) mass is 422 g/mol. The van der Waals surface area contributed by atoms with Crippen molar-refractivity contribution in [3.63, 3.8) is 0 Å². The number of amides is 1. The summed E-state index contributed by atoms with van der Waals surface area (Å²) < 4.78 is 27.8. The molecule has 7 nitrogen and oxygen atoms in total. The fraction of sp³-hybridized carbons (Fsp3) is 0.526. The number of hydrogen-bond donors (Lipinski definition) is 1. The molecule has 0 aliphatic carbocycles. The maximum absolute atomic E-state index is 12.7. The first-order valence-corrected chi connectivity index (χ1v) is 12.0. The number of hydrogen-bond acceptors (Lipinski definition) is 6. The molecule has 0 saturated carbocycles. The predicted molar refractivity (Wildman–Crippen MR) is 111 cm³/mol. The van der Waals surface area contributed by atoms with Crippen LogP contribution >= 0.6 is 11.3 Å². The summed E-state index contributed by atoms with van der Waals surface area (Å²) in [6, 6.07) is 4.97. The first kappa shape index (κ1) is 20.7. The zero-order valence-electron chi connectivity index (χ0n) is 16.3. The number of nitrogens with zero attached hydrogens (tertiary/aromatic N) is 3. The van der Waals surface area contributed by atoms with E-state index in [1.807, 2.05) is 4.90 Å². The van der Waals surface area contributed by atoms with Crippen molar-refractivity contribution in [3.8, 4) is 0 Å². The van der Waals surface area contributed by atoms with E-state index in [0.29, 0.717) is 18.0 Å². The summed E-state index contributed by atoms with van der Waals surface area (Å²) in [6.07, 6.45) is 6.38. The molecule has 1 aliphatic rings. The summed E-state index contributed by atoms with van der Waals surface area (Å²) in [5, 5.41) is 8.58. The minimum Gasteiger partial charge on any atom is -0.312 e. The minimum absolute atomic E-state index is 0.120. The number of anilines is 2. The van der Waals surface area contributed by atoms with Crippen molar-refractivity contribution >= 4 is 38.1 Å². The van der Waals surface area contributed by atoms with Crippen LogP contribution in [0.4, 0.5) is 10.8 Å². The highest BCUT2D eigenvalue weighted by molar-refractivity contribution is 7.93. The fourth-order valence-corrected chi connectivity index (χ4v) is 5.22. The highest BCUT2D eigenvalue weighted by atomic mass is 32.2. The molecule has 0 saturated heterocycles. The molecule has 0 bridgehead atoms. The molecule has 1 amide bonds. The van der Waals surface area contributed by atoms with Gasteiger partial charge < -0.3 is 4.90 Å². The fourth-order valence-electron chi connectivity index (χ4n) is 3.35. The summed E-state index contributed by atoms with van der Waals surface area (Å²) in [5.74, 6) is 0.120. The highest BCUT2D eigenvalue weighted by Gasteiger charge is 2.25. The van der Waals surface area contributed by atoms with Crippen LogP contribution in [0.25, 0.3) is 0 Å². The normalized spacial score (nSPS) is 14.0. The lowest BCUT2D eigenvalue weighted by Gasteiger charge is -2.30. The van der Waals surface area contributed by atoms with Gasteiger partial charge in [-0.3, -0.25) is 9.52 Å². The predicted octanol–water partition coefficient (Wildman–Crippen LogP) is 3.90. The van der Waals surface area contributed by atoms with Crippen molar-refractivity contribution in [2.24, 2.45) is 0 Å². The Morgan fingerprint density at radius 3 is 2.79 bits per heavy atom. The van der Waals surface area contributed by atoms with Crippen molar-refractivity contribution in [2.75, 3.05) is 16.2 Å². The maximum Gasteiger partial charge on any atom is 0.263 e. The Labute approximate surface area is 170 Å². The number of aromatic nitrogens is 2. The maximum atomic E-state index is 12.7. The molecule has 0 atom stereocenters. The lowest BCUT2D eigenvalue weighted by Crippen LogP contribution is -2.35. The Hall–Kier alpha value is -2.00. The van der Waals surface area contributed by atoms with Crippen molar-refractivity contribution < 1.29 is 13.2 Å². The van der Waals surface area contributed by atoms with Gasteiger partial charge in [-0.05, 0) is 49.9 Å². The number of carbonyl (C=O) groups is 1. The lowest BCUT2D eigenvalue weighted by atomic mass is 10.0. The van der Waals surface area contributed by atoms with E-state index in [4.69, 9.17) is 0 Å². The van der Waals surface area contributed by atoms with Gasteiger partial charge in [0, 0.05) is 18.7 Å². The average Bonchev–Trinajstić information content (AvgIpc) is 3.08. The Kier molecular flexibility index (Phi) is 6.66. The molecule has 9 heteroatoms. The molecule has 28 heavy (non-hydrogen) atoms. The van der Waals surface area contributed by atoms with Gasteiger partial charge in [-0.2, -0.15) is 0 Å². The number of unbranched alkanes of at least 4 members (excludes halogenated alkanes) is 3. The van der Waals surface area contributed by atoms with E-state index in [1.165, 1.54) is 11.3 Å². The molecule has 2 heterocycles. The number of benzene rings is 1. The quantitative estimate of drug-likeness (QED) is 0.652. The topological polar surface area (TPSA) is 92.3 Å². The Morgan fingerprint density at radius 1 is 1.25 bits per heavy atom. The molecule has 1 aromatic heterocycles. The van der Waals surface area contributed by atoms with Crippen LogP contribution in [-0.4, -0.2) is 31.1 Å². The molecule has 0 unspecified atom stereocenters. The molecule has 0 spiro atoms.